The largest absolute Gasteiger partial charge is 0.282 e. The summed E-state index contributed by atoms with van der Waals surface area (Å²) in [6.07, 6.45) is 6.77. The molecule has 8 heavy (non-hydrogen) atoms. The molecule has 0 heterocycles. The number of halogens is 1. The molecule has 0 saturated carbocycles. The number of hydrogen-bond acceptors (Lipinski definition) is 1. The smallest absolute Gasteiger partial charge is 0.220 e. The summed E-state index contributed by atoms with van der Waals surface area (Å²) < 4.78 is -0.101. The molecule has 0 unspecified atom stereocenters. The average Bonchev–Trinajstić information content (AvgIpc) is 1.66. The number of carbonyl (C=O) groups excluding carboxylic acids is 1. The summed E-state index contributed by atoms with van der Waals surface area (Å²) in [4.78, 5) is 10.1. The molecule has 0 bridgehead atoms. The van der Waals surface area contributed by atoms with Gasteiger partial charge in [0.15, 0.2) is 0 Å². The van der Waals surface area contributed by atoms with Crippen LogP contribution in [0.4, 0.5) is 0 Å². The van der Waals surface area contributed by atoms with Gasteiger partial charge in [-0.25, -0.2) is 0 Å². The lowest BCUT2D eigenvalue weighted by Gasteiger charge is -1.70. The van der Waals surface area contributed by atoms with Crippen molar-refractivity contribution < 1.29 is 4.79 Å². The van der Waals surface area contributed by atoms with Crippen molar-refractivity contribution in [2.24, 2.45) is 0 Å². The van der Waals surface area contributed by atoms with Gasteiger partial charge in [0.1, 0.15) is 0 Å². The van der Waals surface area contributed by atoms with Gasteiger partial charge in [-0.3, -0.25) is 4.79 Å². The van der Waals surface area contributed by atoms with Gasteiger partial charge in [-0.05, 0) is 28.9 Å². The van der Waals surface area contributed by atoms with E-state index in [1.165, 1.54) is 6.08 Å². The number of rotatable bonds is 2. The van der Waals surface area contributed by atoms with E-state index in [4.69, 9.17) is 0 Å². The fourth-order valence-electron chi connectivity index (χ4n) is 0.242. The topological polar surface area (TPSA) is 17.1 Å². The van der Waals surface area contributed by atoms with Gasteiger partial charge in [0, 0.05) is 0 Å². The van der Waals surface area contributed by atoms with Gasteiger partial charge in [0.25, 0.3) is 0 Å². The average molecular weight is 175 g/mol. The van der Waals surface area contributed by atoms with E-state index in [0.29, 0.717) is 0 Å². The third kappa shape index (κ3) is 5.63. The normalized spacial score (nSPS) is 11.2. The van der Waals surface area contributed by atoms with Gasteiger partial charge in [0.2, 0.25) is 4.69 Å². The molecule has 0 rings (SSSR count). The van der Waals surface area contributed by atoms with Gasteiger partial charge in [-0.15, -0.1) is 0 Å². The molecule has 0 aromatic carbocycles. The summed E-state index contributed by atoms with van der Waals surface area (Å²) in [5.41, 5.74) is 0. The summed E-state index contributed by atoms with van der Waals surface area (Å²) >= 11 is 2.74. The van der Waals surface area contributed by atoms with Crippen molar-refractivity contribution in [3.8, 4) is 0 Å². The quantitative estimate of drug-likeness (QED) is 0.356. The lowest BCUT2D eigenvalue weighted by molar-refractivity contribution is -0.106. The van der Waals surface area contributed by atoms with Crippen molar-refractivity contribution in [1.29, 1.82) is 0 Å². The second-order valence-electron chi connectivity index (χ2n) is 1.19. The Morgan fingerprint density at radius 1 is 1.50 bits per heavy atom. The maximum Gasteiger partial charge on any atom is 0.220 e. The highest BCUT2D eigenvalue weighted by molar-refractivity contribution is 9.18. The number of allylic oxidation sites excluding steroid dienone is 4. The predicted octanol–water partition coefficient (Wildman–Crippen LogP) is 2.04. The Morgan fingerprint density at radius 3 is 2.50 bits per heavy atom. The van der Waals surface area contributed by atoms with Crippen LogP contribution >= 0.6 is 15.9 Å². The van der Waals surface area contributed by atoms with Crippen molar-refractivity contribution in [3.63, 3.8) is 0 Å². The minimum absolute atomic E-state index is 0.101. The second-order valence-corrected chi connectivity index (χ2v) is 1.97. The van der Waals surface area contributed by atoms with Crippen LogP contribution in [0.25, 0.3) is 0 Å². The van der Waals surface area contributed by atoms with Crippen LogP contribution in [0.15, 0.2) is 24.3 Å². The van der Waals surface area contributed by atoms with E-state index in [1.807, 2.05) is 13.0 Å². The standard InChI is InChI=1S/C6H7BrO/c1-2-3-4-5-6(7)8/h2-5H,1H3/b3-2+,5-4+. The highest BCUT2D eigenvalue weighted by Gasteiger charge is 1.78. The van der Waals surface area contributed by atoms with Crippen LogP contribution < -0.4 is 0 Å². The molecule has 0 aliphatic rings. The molecule has 0 spiro atoms. The van der Waals surface area contributed by atoms with Crippen LogP contribution in [0.1, 0.15) is 6.92 Å². The first-order valence-corrected chi connectivity index (χ1v) is 3.05. The maximum atomic E-state index is 10.1. The van der Waals surface area contributed by atoms with E-state index in [2.05, 4.69) is 15.9 Å². The molecule has 0 amide bonds. The fourth-order valence-corrected chi connectivity index (χ4v) is 0.395. The molecule has 0 saturated heterocycles. The summed E-state index contributed by atoms with van der Waals surface area (Å²) in [6, 6.07) is 0. The van der Waals surface area contributed by atoms with Crippen LogP contribution in [0.3, 0.4) is 0 Å². The molecule has 0 aliphatic carbocycles. The molecule has 0 aromatic rings. The Labute approximate surface area is 57.2 Å². The summed E-state index contributed by atoms with van der Waals surface area (Å²) in [5.74, 6) is 0. The van der Waals surface area contributed by atoms with E-state index in [0.717, 1.165) is 0 Å². The summed E-state index contributed by atoms with van der Waals surface area (Å²) in [6.45, 7) is 1.89. The van der Waals surface area contributed by atoms with Crippen molar-refractivity contribution in [2.75, 3.05) is 0 Å². The van der Waals surface area contributed by atoms with Gasteiger partial charge in [0.05, 0.1) is 0 Å². The van der Waals surface area contributed by atoms with Gasteiger partial charge in [-0.2, -0.15) is 0 Å². The second kappa shape index (κ2) is 4.78. The first-order chi connectivity index (χ1) is 3.77. The molecule has 2 heteroatoms. The van der Waals surface area contributed by atoms with Gasteiger partial charge < -0.3 is 0 Å². The Hall–Kier alpha value is -0.370. The molecule has 0 aromatic heterocycles. The van der Waals surface area contributed by atoms with Crippen molar-refractivity contribution in [3.05, 3.63) is 24.3 Å². The van der Waals surface area contributed by atoms with Crippen LogP contribution in [0, 0.1) is 0 Å². The summed E-state index contributed by atoms with van der Waals surface area (Å²) in [7, 11) is 0. The molecule has 0 fully saturated rings. The Bertz CT molecular complexity index is 124. The molecular weight excluding hydrogens is 168 g/mol. The SMILES string of the molecule is C/C=C/C=C/C(=O)Br. The Morgan fingerprint density at radius 2 is 2.12 bits per heavy atom. The lowest BCUT2D eigenvalue weighted by atomic mass is 10.5. The van der Waals surface area contributed by atoms with E-state index in [1.54, 1.807) is 12.2 Å². The molecule has 44 valence electrons. The van der Waals surface area contributed by atoms with Gasteiger partial charge >= 0.3 is 0 Å². The van der Waals surface area contributed by atoms with E-state index < -0.39 is 0 Å². The van der Waals surface area contributed by atoms with Crippen LogP contribution in [0.5, 0.6) is 0 Å². The minimum Gasteiger partial charge on any atom is -0.282 e. The van der Waals surface area contributed by atoms with Crippen molar-refractivity contribution in [1.82, 2.24) is 0 Å². The highest BCUT2D eigenvalue weighted by atomic mass is 79.9. The van der Waals surface area contributed by atoms with Crippen LogP contribution in [-0.4, -0.2) is 4.69 Å². The van der Waals surface area contributed by atoms with Crippen molar-refractivity contribution in [2.45, 2.75) is 6.92 Å². The fraction of sp³-hybridized carbons (Fsp3) is 0.167. The molecule has 0 N–H and O–H groups in total. The molecular formula is C6H7BrO. The molecule has 0 radical (unpaired) electrons. The maximum absolute atomic E-state index is 10.1. The molecule has 0 aliphatic heterocycles. The van der Waals surface area contributed by atoms with Crippen LogP contribution in [0.2, 0.25) is 0 Å². The Balaban J connectivity index is 3.50. The summed E-state index contributed by atoms with van der Waals surface area (Å²) in [5, 5.41) is 0. The Kier molecular flexibility index (Phi) is 4.56. The first kappa shape index (κ1) is 7.63. The molecule has 0 atom stereocenters. The predicted molar refractivity (Wildman–Crippen MR) is 37.9 cm³/mol. The van der Waals surface area contributed by atoms with E-state index in [9.17, 15) is 4.79 Å². The molecule has 1 nitrogen and oxygen atoms in total. The first-order valence-electron chi connectivity index (χ1n) is 2.26. The monoisotopic (exact) mass is 174 g/mol. The third-order valence-corrected chi connectivity index (χ3v) is 0.795. The van der Waals surface area contributed by atoms with E-state index >= 15 is 0 Å². The minimum atomic E-state index is -0.101. The number of hydrogen-bond donors (Lipinski definition) is 0. The van der Waals surface area contributed by atoms with E-state index in [-0.39, 0.29) is 4.69 Å². The van der Waals surface area contributed by atoms with Crippen molar-refractivity contribution >= 4 is 20.6 Å². The van der Waals surface area contributed by atoms with Crippen LogP contribution in [-0.2, 0) is 4.79 Å². The van der Waals surface area contributed by atoms with Gasteiger partial charge in [-0.1, -0.05) is 18.2 Å². The number of carbonyl (C=O) groups is 1. The zero-order valence-corrected chi connectivity index (χ0v) is 6.18. The third-order valence-electron chi connectivity index (χ3n) is 0.531. The highest BCUT2D eigenvalue weighted by Crippen LogP contribution is 1.85. The zero-order valence-electron chi connectivity index (χ0n) is 4.60. The lowest BCUT2D eigenvalue weighted by Crippen LogP contribution is -1.70. The zero-order chi connectivity index (χ0) is 6.41.